The number of nitrogens with one attached hydrogen (secondary N) is 1. The maximum Gasteiger partial charge on any atom is 0.416 e. The number of amides is 1. The third-order valence-electron chi connectivity index (χ3n) is 4.48. The Morgan fingerprint density at radius 2 is 1.89 bits per heavy atom. The van der Waals surface area contributed by atoms with Gasteiger partial charge in [-0.1, -0.05) is 33.6 Å². The summed E-state index contributed by atoms with van der Waals surface area (Å²) in [7, 11) is 0. The molecule has 13 heteroatoms. The fourth-order valence-electron chi connectivity index (χ4n) is 2.90. The summed E-state index contributed by atoms with van der Waals surface area (Å²) in [4.78, 5) is 23.1. The lowest BCUT2D eigenvalue weighted by Crippen LogP contribution is -2.13. The Labute approximate surface area is 223 Å². The molecule has 0 atom stereocenters. The van der Waals surface area contributed by atoms with Gasteiger partial charge >= 0.3 is 11.9 Å². The van der Waals surface area contributed by atoms with Crippen molar-refractivity contribution >= 4 is 66.8 Å². The molecule has 0 spiro atoms. The van der Waals surface area contributed by atoms with Crippen LogP contribution in [0.5, 0.6) is 11.5 Å². The number of carbonyl (C=O) groups excluding carboxylic acids is 1. The van der Waals surface area contributed by atoms with Gasteiger partial charge in [-0.3, -0.25) is 14.9 Å². The van der Waals surface area contributed by atoms with Crippen LogP contribution in [0.15, 0.2) is 69.1 Å². The van der Waals surface area contributed by atoms with Crippen molar-refractivity contribution in [3.05, 3.63) is 95.4 Å². The van der Waals surface area contributed by atoms with E-state index in [2.05, 4.69) is 37.2 Å². The van der Waals surface area contributed by atoms with Gasteiger partial charge in [-0.2, -0.15) is 18.4 Å². The standard InChI is InChI=1S/C23H11Br2ClF3N3O4/c24-15-7-12(6-13(11-30)22(33)31-17-3-1-2-16(26)10-17)21(18(25)9-15)36-20-5-4-14(23(27,28)29)8-19(20)32(34)35/h1-10H,(H,31,33)/b13-6+. The zero-order valence-electron chi connectivity index (χ0n) is 17.6. The summed E-state index contributed by atoms with van der Waals surface area (Å²) in [6.07, 6.45) is -3.63. The van der Waals surface area contributed by atoms with E-state index in [0.717, 1.165) is 6.07 Å². The van der Waals surface area contributed by atoms with Crippen LogP contribution in [0.3, 0.4) is 0 Å². The number of benzene rings is 3. The van der Waals surface area contributed by atoms with E-state index in [4.69, 9.17) is 16.3 Å². The molecule has 0 unspecified atom stereocenters. The Balaban J connectivity index is 2.05. The summed E-state index contributed by atoms with van der Waals surface area (Å²) in [5.74, 6) is -1.33. The van der Waals surface area contributed by atoms with Crippen molar-refractivity contribution < 1.29 is 27.6 Å². The minimum Gasteiger partial charge on any atom is -0.448 e. The molecule has 0 aromatic heterocycles. The number of alkyl halides is 3. The molecule has 184 valence electrons. The Morgan fingerprint density at radius 3 is 2.50 bits per heavy atom. The highest BCUT2D eigenvalue weighted by Gasteiger charge is 2.33. The highest BCUT2D eigenvalue weighted by atomic mass is 79.9. The van der Waals surface area contributed by atoms with E-state index in [1.165, 1.54) is 24.3 Å². The van der Waals surface area contributed by atoms with Gasteiger partial charge in [0.25, 0.3) is 5.91 Å². The zero-order chi connectivity index (χ0) is 26.6. The molecule has 1 N–H and O–H groups in total. The third-order valence-corrected chi connectivity index (χ3v) is 5.76. The fourth-order valence-corrected chi connectivity index (χ4v) is 4.43. The second-order valence-corrected chi connectivity index (χ2v) is 9.19. The van der Waals surface area contributed by atoms with Crippen LogP contribution in [0.25, 0.3) is 6.08 Å². The first-order chi connectivity index (χ1) is 16.9. The minimum atomic E-state index is -4.80. The van der Waals surface area contributed by atoms with Gasteiger partial charge in [0.1, 0.15) is 17.4 Å². The van der Waals surface area contributed by atoms with E-state index in [1.54, 1.807) is 24.3 Å². The normalized spacial score (nSPS) is 11.5. The molecule has 3 rings (SSSR count). The summed E-state index contributed by atoms with van der Waals surface area (Å²) in [5.41, 5.74) is -2.04. The first-order valence-electron chi connectivity index (χ1n) is 9.60. The molecule has 3 aromatic rings. The second-order valence-electron chi connectivity index (χ2n) is 6.98. The zero-order valence-corrected chi connectivity index (χ0v) is 21.5. The van der Waals surface area contributed by atoms with Gasteiger partial charge in [0.2, 0.25) is 5.75 Å². The van der Waals surface area contributed by atoms with Gasteiger partial charge in [0, 0.05) is 26.8 Å². The monoisotopic (exact) mass is 643 g/mol. The number of nitro benzene ring substituents is 1. The number of hydrogen-bond acceptors (Lipinski definition) is 5. The van der Waals surface area contributed by atoms with Crippen LogP contribution in [-0.4, -0.2) is 10.8 Å². The molecule has 0 heterocycles. The van der Waals surface area contributed by atoms with Gasteiger partial charge in [-0.25, -0.2) is 0 Å². The average Bonchev–Trinajstić information content (AvgIpc) is 2.78. The first-order valence-corrected chi connectivity index (χ1v) is 11.6. The average molecular weight is 646 g/mol. The number of rotatable bonds is 6. The van der Waals surface area contributed by atoms with E-state index in [-0.39, 0.29) is 21.4 Å². The predicted octanol–water partition coefficient (Wildman–Crippen LogP) is 8.13. The largest absolute Gasteiger partial charge is 0.448 e. The van der Waals surface area contributed by atoms with Crippen LogP contribution in [0.2, 0.25) is 5.02 Å². The summed E-state index contributed by atoms with van der Waals surface area (Å²) in [6, 6.07) is 12.8. The van der Waals surface area contributed by atoms with Crippen molar-refractivity contribution in [2.24, 2.45) is 0 Å². The fraction of sp³-hybridized carbons (Fsp3) is 0.0435. The quantitative estimate of drug-likeness (QED) is 0.126. The van der Waals surface area contributed by atoms with Crippen molar-refractivity contribution in [1.82, 2.24) is 0 Å². The smallest absolute Gasteiger partial charge is 0.416 e. The Kier molecular flexibility index (Phi) is 8.39. The molecule has 0 aliphatic heterocycles. The van der Waals surface area contributed by atoms with Crippen molar-refractivity contribution in [3.63, 3.8) is 0 Å². The molecule has 0 saturated carbocycles. The van der Waals surface area contributed by atoms with E-state index in [0.29, 0.717) is 27.3 Å². The Bertz CT molecular complexity index is 1440. The molecular weight excluding hydrogens is 635 g/mol. The number of halogens is 6. The lowest BCUT2D eigenvalue weighted by atomic mass is 10.1. The lowest BCUT2D eigenvalue weighted by molar-refractivity contribution is -0.385. The highest BCUT2D eigenvalue weighted by molar-refractivity contribution is 9.11. The van der Waals surface area contributed by atoms with Gasteiger partial charge in [-0.15, -0.1) is 0 Å². The third kappa shape index (κ3) is 6.63. The van der Waals surface area contributed by atoms with Crippen LogP contribution in [0, 0.1) is 21.4 Å². The van der Waals surface area contributed by atoms with Gasteiger partial charge in [0.15, 0.2) is 0 Å². The molecule has 0 bridgehead atoms. The first kappa shape index (κ1) is 27.2. The number of hydrogen-bond donors (Lipinski definition) is 1. The number of nitriles is 1. The SMILES string of the molecule is N#C/C(=C\c1cc(Br)cc(Br)c1Oc1ccc(C(F)(F)F)cc1[N+](=O)[O-])C(=O)Nc1cccc(Cl)c1. The van der Waals surface area contributed by atoms with Crippen LogP contribution >= 0.6 is 43.5 Å². The molecule has 36 heavy (non-hydrogen) atoms. The summed E-state index contributed by atoms with van der Waals surface area (Å²) < 4.78 is 45.5. The predicted molar refractivity (Wildman–Crippen MR) is 134 cm³/mol. The molecule has 0 radical (unpaired) electrons. The van der Waals surface area contributed by atoms with Crippen molar-refractivity contribution in [2.45, 2.75) is 6.18 Å². The van der Waals surface area contributed by atoms with E-state index in [9.17, 15) is 33.3 Å². The van der Waals surface area contributed by atoms with Crippen LogP contribution < -0.4 is 10.1 Å². The summed E-state index contributed by atoms with van der Waals surface area (Å²) in [6.45, 7) is 0. The van der Waals surface area contributed by atoms with Crippen molar-refractivity contribution in [2.75, 3.05) is 5.32 Å². The summed E-state index contributed by atoms with van der Waals surface area (Å²) in [5, 5.41) is 23.9. The van der Waals surface area contributed by atoms with Crippen LogP contribution in [0.1, 0.15) is 11.1 Å². The number of ether oxygens (including phenoxy) is 1. The molecule has 3 aromatic carbocycles. The molecule has 0 saturated heterocycles. The van der Waals surface area contributed by atoms with E-state index in [1.807, 2.05) is 0 Å². The van der Waals surface area contributed by atoms with Crippen LogP contribution in [0.4, 0.5) is 24.5 Å². The van der Waals surface area contributed by atoms with Gasteiger partial charge in [0.05, 0.1) is 15.0 Å². The molecule has 0 aliphatic rings. The lowest BCUT2D eigenvalue weighted by Gasteiger charge is -2.14. The molecule has 7 nitrogen and oxygen atoms in total. The topological polar surface area (TPSA) is 105 Å². The summed E-state index contributed by atoms with van der Waals surface area (Å²) >= 11 is 12.4. The Morgan fingerprint density at radius 1 is 1.17 bits per heavy atom. The Hall–Kier alpha value is -3.40. The van der Waals surface area contributed by atoms with E-state index < -0.39 is 34.0 Å². The maximum absolute atomic E-state index is 13.0. The molecular formula is C23H11Br2ClF3N3O4. The minimum absolute atomic E-state index is 0.0793. The number of nitro groups is 1. The maximum atomic E-state index is 13.0. The second kappa shape index (κ2) is 11.1. The molecule has 0 aliphatic carbocycles. The van der Waals surface area contributed by atoms with Crippen molar-refractivity contribution in [1.29, 1.82) is 5.26 Å². The van der Waals surface area contributed by atoms with Gasteiger partial charge in [-0.05, 0) is 64.5 Å². The molecule has 0 fully saturated rings. The number of carbonyl (C=O) groups is 1. The van der Waals surface area contributed by atoms with E-state index >= 15 is 0 Å². The van der Waals surface area contributed by atoms with Crippen LogP contribution in [-0.2, 0) is 11.0 Å². The number of nitrogens with zero attached hydrogens (tertiary/aromatic N) is 2. The van der Waals surface area contributed by atoms with Crippen molar-refractivity contribution in [3.8, 4) is 17.6 Å². The highest BCUT2D eigenvalue weighted by Crippen LogP contribution is 2.42. The van der Waals surface area contributed by atoms with Gasteiger partial charge < -0.3 is 10.1 Å². The molecule has 1 amide bonds. The number of anilines is 1.